The molecular weight excluding hydrogens is 713 g/mol. The predicted octanol–water partition coefficient (Wildman–Crippen LogP) is 6.19. The van der Waals surface area contributed by atoms with Crippen LogP contribution in [0.4, 0.5) is 23.3 Å². The van der Waals surface area contributed by atoms with E-state index in [1.165, 1.54) is 0 Å². The molecule has 0 spiro atoms. The number of hydrogen-bond acceptors (Lipinski definition) is 14. The average Bonchev–Trinajstić information content (AvgIpc) is 3.96. The number of aromatic nitrogens is 14. The summed E-state index contributed by atoms with van der Waals surface area (Å²) in [6, 6.07) is 8.09. The van der Waals surface area contributed by atoms with E-state index in [1.54, 1.807) is 85.0 Å². The molecule has 0 aliphatic rings. The monoisotopic (exact) mass is 756 g/mol. The molecule has 0 aliphatic carbocycles. The Hall–Kier alpha value is -6.66. The first kappa shape index (κ1) is 37.6. The molecule has 0 aromatic carbocycles. The Balaban J connectivity index is 0.000000172. The summed E-state index contributed by atoms with van der Waals surface area (Å²) in [6.07, 6.45) is 12.1. The normalized spacial score (nSPS) is 12.6. The summed E-state index contributed by atoms with van der Waals surface area (Å²) in [7, 11) is 0. The molecule has 0 fully saturated rings. The Labute approximate surface area is 322 Å². The number of rotatable bonds is 10. The van der Waals surface area contributed by atoms with Crippen molar-refractivity contribution in [1.29, 1.82) is 0 Å². The van der Waals surface area contributed by atoms with E-state index in [2.05, 4.69) is 97.3 Å². The average molecular weight is 757 g/mol. The molecule has 0 saturated carbocycles. The lowest BCUT2D eigenvalue weighted by Crippen LogP contribution is -2.04. The summed E-state index contributed by atoms with van der Waals surface area (Å²) in [4.78, 5) is 43.9. The van der Waals surface area contributed by atoms with Crippen LogP contribution in [-0.4, -0.2) is 78.3 Å². The number of nitrogens with zero attached hydrogens (tertiary/aromatic N) is 14. The maximum atomic E-state index is 9.64. The number of aryl methyl sites for hydroxylation is 2. The van der Waals surface area contributed by atoms with Crippen LogP contribution in [0, 0.1) is 13.8 Å². The molecule has 0 bridgehead atoms. The largest absolute Gasteiger partial charge is 0.387 e. The van der Waals surface area contributed by atoms with Gasteiger partial charge in [-0.05, 0) is 67.5 Å². The molecule has 18 nitrogen and oxygen atoms in total. The first-order valence-electron chi connectivity index (χ1n) is 18.2. The number of aliphatic hydroxyl groups is 2. The van der Waals surface area contributed by atoms with E-state index in [4.69, 9.17) is 0 Å². The van der Waals surface area contributed by atoms with E-state index in [-0.39, 0.29) is 0 Å². The number of aliphatic hydroxyl groups excluding tert-OH is 2. The van der Waals surface area contributed by atoms with Crippen LogP contribution in [0.2, 0.25) is 0 Å². The van der Waals surface area contributed by atoms with Crippen molar-refractivity contribution in [2.75, 3.05) is 10.6 Å². The number of nitrogens with one attached hydrogen (secondary N) is 2. The molecule has 288 valence electrons. The van der Waals surface area contributed by atoms with Gasteiger partial charge in [-0.15, -0.1) is 0 Å². The lowest BCUT2D eigenvalue weighted by atomic mass is 10.3. The van der Waals surface area contributed by atoms with Gasteiger partial charge in [-0.2, -0.15) is 9.97 Å². The maximum absolute atomic E-state index is 9.64. The fourth-order valence-electron chi connectivity index (χ4n) is 6.35. The third kappa shape index (κ3) is 7.91. The molecule has 8 aromatic rings. The topological polar surface area (TPSA) is 213 Å². The number of pyridine rings is 2. The number of imidazole rings is 4. The van der Waals surface area contributed by atoms with E-state index in [0.29, 0.717) is 58.6 Å². The summed E-state index contributed by atoms with van der Waals surface area (Å²) >= 11 is 0. The zero-order chi connectivity index (χ0) is 39.7. The second-order valence-electron chi connectivity index (χ2n) is 13.9. The van der Waals surface area contributed by atoms with Gasteiger partial charge in [0.25, 0.3) is 0 Å². The molecule has 4 N–H and O–H groups in total. The van der Waals surface area contributed by atoms with Gasteiger partial charge in [-0.1, -0.05) is 0 Å². The highest BCUT2D eigenvalue weighted by Crippen LogP contribution is 2.25. The van der Waals surface area contributed by atoms with Crippen molar-refractivity contribution < 1.29 is 10.2 Å². The van der Waals surface area contributed by atoms with Crippen LogP contribution in [0.1, 0.15) is 88.9 Å². The third-order valence-electron chi connectivity index (χ3n) is 8.86. The lowest BCUT2D eigenvalue weighted by molar-refractivity contribution is 0.194. The maximum Gasteiger partial charge on any atom is 0.236 e. The highest BCUT2D eigenvalue weighted by Gasteiger charge is 2.15. The van der Waals surface area contributed by atoms with Gasteiger partial charge in [0, 0.05) is 49.0 Å². The Bertz CT molecular complexity index is 2440. The first-order valence-corrected chi connectivity index (χ1v) is 18.2. The van der Waals surface area contributed by atoms with Gasteiger partial charge in [0.1, 0.15) is 58.6 Å². The highest BCUT2D eigenvalue weighted by atomic mass is 16.3. The Morgan fingerprint density at radius 3 is 1.30 bits per heavy atom. The molecule has 0 radical (unpaired) electrons. The molecule has 0 amide bonds. The van der Waals surface area contributed by atoms with E-state index >= 15 is 0 Å². The van der Waals surface area contributed by atoms with Gasteiger partial charge < -0.3 is 30.0 Å². The van der Waals surface area contributed by atoms with Gasteiger partial charge in [0.05, 0.1) is 47.0 Å². The minimum Gasteiger partial charge on any atom is -0.387 e. The summed E-state index contributed by atoms with van der Waals surface area (Å²) < 4.78 is 7.69. The minimum absolute atomic E-state index is 0.301. The second-order valence-corrected chi connectivity index (χ2v) is 13.9. The van der Waals surface area contributed by atoms with Crippen LogP contribution in [0.5, 0.6) is 0 Å². The first-order chi connectivity index (χ1) is 26.8. The van der Waals surface area contributed by atoms with Crippen molar-refractivity contribution >= 4 is 45.3 Å². The lowest BCUT2D eigenvalue weighted by Gasteiger charge is -2.11. The van der Waals surface area contributed by atoms with Crippen LogP contribution in [0.25, 0.3) is 34.0 Å². The molecule has 8 rings (SSSR count). The number of hydrogen-bond donors (Lipinski definition) is 4. The van der Waals surface area contributed by atoms with Crippen molar-refractivity contribution in [3.63, 3.8) is 0 Å². The van der Waals surface area contributed by atoms with Crippen molar-refractivity contribution in [1.82, 2.24) is 68.1 Å². The SMILES string of the molecule is Cc1nc2cnc(Nc3ccnc(-n4cnc([C@@H](C)O)c4)n3)cc2n1C(C)C.Cc1nc2cnc(Nc3ccnc(-n4cnc([C@H](C)O)c4)n3)cc2n1C(C)C. The summed E-state index contributed by atoms with van der Waals surface area (Å²) in [6.45, 7) is 15.8. The molecule has 18 heteroatoms. The highest BCUT2D eigenvalue weighted by molar-refractivity contribution is 5.80. The standard InChI is InChI=1S/2C19H22N8O/c2*1-11(2)27-13(4)23-14-8-21-18(7-16(14)27)24-17-5-6-20-19(25-17)26-9-15(12(3)28)22-10-26/h2*5-12,28H,1-4H3,(H,20,21,24,25)/t2*12-/m10/s1. The zero-order valence-corrected chi connectivity index (χ0v) is 32.4. The zero-order valence-electron chi connectivity index (χ0n) is 32.4. The quantitative estimate of drug-likeness (QED) is 0.123. The van der Waals surface area contributed by atoms with Gasteiger partial charge >= 0.3 is 0 Å². The molecule has 56 heavy (non-hydrogen) atoms. The molecule has 0 aliphatic heterocycles. The smallest absolute Gasteiger partial charge is 0.236 e. The Morgan fingerprint density at radius 2 is 0.946 bits per heavy atom. The Kier molecular flexibility index (Phi) is 10.5. The predicted molar refractivity (Wildman–Crippen MR) is 211 cm³/mol. The second kappa shape index (κ2) is 15.6. The van der Waals surface area contributed by atoms with E-state index < -0.39 is 12.2 Å². The van der Waals surface area contributed by atoms with Gasteiger partial charge in [0.15, 0.2) is 0 Å². The van der Waals surface area contributed by atoms with Gasteiger partial charge in [0.2, 0.25) is 11.9 Å². The molecule has 8 heterocycles. The minimum atomic E-state index is -0.646. The number of fused-ring (bicyclic) bond motifs is 2. The van der Waals surface area contributed by atoms with Crippen LogP contribution >= 0.6 is 0 Å². The fraction of sp³-hybridized carbons (Fsp3) is 0.316. The number of anilines is 4. The molecule has 0 saturated heterocycles. The van der Waals surface area contributed by atoms with Crippen molar-refractivity contribution in [3.05, 3.63) is 97.1 Å². The third-order valence-corrected chi connectivity index (χ3v) is 8.86. The van der Waals surface area contributed by atoms with Crippen LogP contribution < -0.4 is 10.6 Å². The summed E-state index contributed by atoms with van der Waals surface area (Å²) in [5.41, 5.74) is 4.90. The van der Waals surface area contributed by atoms with E-state index in [9.17, 15) is 10.2 Å². The van der Waals surface area contributed by atoms with Crippen molar-refractivity contribution in [3.8, 4) is 11.9 Å². The van der Waals surface area contributed by atoms with Crippen LogP contribution in [0.3, 0.4) is 0 Å². The van der Waals surface area contributed by atoms with E-state index in [1.807, 2.05) is 26.0 Å². The molecular formula is C38H44N16O2. The van der Waals surface area contributed by atoms with Crippen molar-refractivity contribution in [2.24, 2.45) is 0 Å². The summed E-state index contributed by atoms with van der Waals surface area (Å²) in [5.74, 6) is 5.39. The van der Waals surface area contributed by atoms with Crippen LogP contribution in [0.15, 0.2) is 74.1 Å². The summed E-state index contributed by atoms with van der Waals surface area (Å²) in [5, 5.41) is 25.7. The van der Waals surface area contributed by atoms with E-state index in [0.717, 1.165) is 33.7 Å². The van der Waals surface area contributed by atoms with Gasteiger partial charge in [-0.25, -0.2) is 39.9 Å². The van der Waals surface area contributed by atoms with Gasteiger partial charge in [-0.3, -0.25) is 9.13 Å². The molecule has 0 unspecified atom stereocenters. The Morgan fingerprint density at radius 1 is 0.536 bits per heavy atom. The molecule has 2 atom stereocenters. The molecule has 8 aromatic heterocycles. The van der Waals surface area contributed by atoms with Crippen molar-refractivity contribution in [2.45, 2.75) is 79.7 Å². The fourth-order valence-corrected chi connectivity index (χ4v) is 6.35. The van der Waals surface area contributed by atoms with Crippen LogP contribution in [-0.2, 0) is 0 Å².